The van der Waals surface area contributed by atoms with E-state index in [4.69, 9.17) is 4.74 Å². The van der Waals surface area contributed by atoms with Crippen LogP contribution in [0.2, 0.25) is 0 Å². The van der Waals surface area contributed by atoms with Crippen LogP contribution in [0.25, 0.3) is 0 Å². The van der Waals surface area contributed by atoms with E-state index < -0.39 is 17.8 Å². The summed E-state index contributed by atoms with van der Waals surface area (Å²) in [5.41, 5.74) is 1.84. The Bertz CT molecular complexity index is 1040. The summed E-state index contributed by atoms with van der Waals surface area (Å²) >= 11 is 1.39. The first kappa shape index (κ1) is 23.5. The molecule has 1 unspecified atom stereocenters. The van der Waals surface area contributed by atoms with Crippen molar-refractivity contribution in [3.8, 4) is 0 Å². The van der Waals surface area contributed by atoms with Gasteiger partial charge in [0, 0.05) is 37.4 Å². The lowest BCUT2D eigenvalue weighted by Crippen LogP contribution is -2.47. The normalized spacial score (nSPS) is 21.2. The topological polar surface area (TPSA) is 65.5 Å². The zero-order valence-electron chi connectivity index (χ0n) is 19.4. The van der Waals surface area contributed by atoms with Crippen LogP contribution in [0, 0.1) is 5.82 Å². The summed E-state index contributed by atoms with van der Waals surface area (Å²) in [5, 5.41) is 2.51. The Morgan fingerprint density at radius 3 is 2.58 bits per heavy atom. The maximum absolute atomic E-state index is 15.0. The molecule has 0 spiro atoms. The van der Waals surface area contributed by atoms with Crippen LogP contribution >= 0.6 is 11.8 Å². The minimum atomic E-state index is -0.758. The zero-order chi connectivity index (χ0) is 23.7. The van der Waals surface area contributed by atoms with E-state index in [-0.39, 0.29) is 24.0 Å². The number of hydrogen-bond acceptors (Lipinski definition) is 7. The largest absolute Gasteiger partial charge is 0.459 e. The summed E-state index contributed by atoms with van der Waals surface area (Å²) in [6.07, 6.45) is -0.169. The molecular weight excluding hydrogens is 443 g/mol. The molecule has 3 aliphatic rings. The van der Waals surface area contributed by atoms with Crippen molar-refractivity contribution in [1.82, 2.24) is 14.7 Å². The second kappa shape index (κ2) is 9.69. The Morgan fingerprint density at radius 1 is 1.21 bits per heavy atom. The number of piperazine rings is 1. The number of esters is 1. The molecule has 1 aromatic carbocycles. The molecule has 1 fully saturated rings. The number of halogens is 1. The quantitative estimate of drug-likeness (QED) is 0.611. The maximum Gasteiger partial charge on any atom is 0.338 e. The number of thioether (sulfide) groups is 1. The lowest BCUT2D eigenvalue weighted by atomic mass is 9.93. The van der Waals surface area contributed by atoms with Gasteiger partial charge in [-0.25, -0.2) is 14.2 Å². The Labute approximate surface area is 198 Å². The number of fused-ring (bicyclic) bond motifs is 1. The standard InChI is InChI=1S/C24H29FN4O3S/c1-15(2)32-23(31)21-16(3)26-24-29(22(21)18-7-5-6-8-19(18)25)17(14-33-24)13-20(30)28-11-9-27(4)10-12-28/h5-8,14-15,22H,9-13H2,1-4H3. The summed E-state index contributed by atoms with van der Waals surface area (Å²) in [4.78, 5) is 36.7. The number of carbonyl (C=O) groups excluding carboxylic acids is 2. The smallest absolute Gasteiger partial charge is 0.338 e. The predicted molar refractivity (Wildman–Crippen MR) is 127 cm³/mol. The average molecular weight is 473 g/mol. The highest BCUT2D eigenvalue weighted by Gasteiger charge is 2.42. The van der Waals surface area contributed by atoms with Gasteiger partial charge in [-0.3, -0.25) is 4.79 Å². The van der Waals surface area contributed by atoms with E-state index in [0.717, 1.165) is 13.1 Å². The molecule has 9 heteroatoms. The van der Waals surface area contributed by atoms with Gasteiger partial charge in [-0.05, 0) is 39.3 Å². The molecule has 1 atom stereocenters. The monoisotopic (exact) mass is 472 g/mol. The van der Waals surface area contributed by atoms with E-state index >= 15 is 4.39 Å². The summed E-state index contributed by atoms with van der Waals surface area (Å²) in [6, 6.07) is 5.65. The number of allylic oxidation sites excluding steroid dienone is 1. The second-order valence-electron chi connectivity index (χ2n) is 8.73. The molecule has 3 heterocycles. The van der Waals surface area contributed by atoms with Gasteiger partial charge < -0.3 is 19.4 Å². The number of rotatable bonds is 5. The van der Waals surface area contributed by atoms with Crippen LogP contribution in [-0.2, 0) is 14.3 Å². The van der Waals surface area contributed by atoms with Crippen LogP contribution in [0.15, 0.2) is 51.6 Å². The molecular formula is C24H29FN4O3S. The summed E-state index contributed by atoms with van der Waals surface area (Å²) in [5.74, 6) is -0.936. The lowest BCUT2D eigenvalue weighted by Gasteiger charge is -2.37. The van der Waals surface area contributed by atoms with Crippen LogP contribution in [0.1, 0.15) is 38.8 Å². The van der Waals surface area contributed by atoms with E-state index in [0.29, 0.717) is 35.2 Å². The summed E-state index contributed by atoms with van der Waals surface area (Å²) in [7, 11) is 2.04. The van der Waals surface area contributed by atoms with Gasteiger partial charge >= 0.3 is 5.97 Å². The van der Waals surface area contributed by atoms with Crippen molar-refractivity contribution >= 4 is 28.8 Å². The molecule has 0 saturated carbocycles. The molecule has 4 rings (SSSR count). The molecule has 1 aromatic rings. The SMILES string of the molecule is CC1=C(C(=O)OC(C)C)C(c2ccccc2F)N2C(CC(=O)N3CCN(C)CC3)=CSC2=N1. The fourth-order valence-electron chi connectivity index (χ4n) is 4.22. The van der Waals surface area contributed by atoms with Crippen LogP contribution in [0.4, 0.5) is 4.39 Å². The minimum absolute atomic E-state index is 0.0149. The molecule has 1 amide bonds. The number of amides is 1. The molecule has 1 saturated heterocycles. The first-order valence-corrected chi connectivity index (χ1v) is 12.0. The maximum atomic E-state index is 15.0. The Kier molecular flexibility index (Phi) is 6.90. The molecule has 176 valence electrons. The summed E-state index contributed by atoms with van der Waals surface area (Å²) in [6.45, 7) is 8.31. The molecule has 3 aliphatic heterocycles. The summed E-state index contributed by atoms with van der Waals surface area (Å²) < 4.78 is 20.5. The number of ether oxygens (including phenoxy) is 1. The van der Waals surface area contributed by atoms with Gasteiger partial charge in [-0.1, -0.05) is 30.0 Å². The third-order valence-corrected chi connectivity index (χ3v) is 6.84. The van der Waals surface area contributed by atoms with Crippen LogP contribution in [0.3, 0.4) is 0 Å². The predicted octanol–water partition coefficient (Wildman–Crippen LogP) is 3.52. The highest BCUT2D eigenvalue weighted by atomic mass is 32.2. The number of carbonyl (C=O) groups is 2. The molecule has 0 N–H and O–H groups in total. The molecule has 33 heavy (non-hydrogen) atoms. The zero-order valence-corrected chi connectivity index (χ0v) is 20.2. The van der Waals surface area contributed by atoms with Gasteiger partial charge in [0.2, 0.25) is 5.91 Å². The van der Waals surface area contributed by atoms with Gasteiger partial charge in [-0.2, -0.15) is 0 Å². The number of hydrogen-bond donors (Lipinski definition) is 0. The Morgan fingerprint density at radius 2 is 1.91 bits per heavy atom. The molecule has 0 bridgehead atoms. The first-order valence-electron chi connectivity index (χ1n) is 11.1. The Hall–Kier alpha value is -2.65. The van der Waals surface area contributed by atoms with Gasteiger partial charge in [0.25, 0.3) is 0 Å². The van der Waals surface area contributed by atoms with Crippen molar-refractivity contribution in [1.29, 1.82) is 0 Å². The fourth-order valence-corrected chi connectivity index (χ4v) is 5.19. The lowest BCUT2D eigenvalue weighted by molar-refractivity contribution is -0.143. The molecule has 0 aliphatic carbocycles. The number of nitrogens with zero attached hydrogens (tertiary/aromatic N) is 4. The minimum Gasteiger partial charge on any atom is -0.459 e. The average Bonchev–Trinajstić information content (AvgIpc) is 3.15. The van der Waals surface area contributed by atoms with Crippen LogP contribution in [0.5, 0.6) is 0 Å². The third kappa shape index (κ3) is 4.84. The second-order valence-corrected chi connectivity index (χ2v) is 9.57. The van der Waals surface area contributed by atoms with E-state index in [1.54, 1.807) is 39.0 Å². The Balaban J connectivity index is 1.68. The number of amidine groups is 1. The van der Waals surface area contributed by atoms with Crippen molar-refractivity contribution < 1.29 is 18.7 Å². The number of aliphatic imine (C=N–C) groups is 1. The van der Waals surface area contributed by atoms with E-state index in [9.17, 15) is 9.59 Å². The van der Waals surface area contributed by atoms with Gasteiger partial charge in [0.1, 0.15) is 5.82 Å². The van der Waals surface area contributed by atoms with Crippen molar-refractivity contribution in [2.24, 2.45) is 4.99 Å². The third-order valence-electron chi connectivity index (χ3n) is 5.95. The fraction of sp³-hybridized carbons (Fsp3) is 0.458. The van der Waals surface area contributed by atoms with E-state index in [1.807, 2.05) is 22.3 Å². The van der Waals surface area contributed by atoms with Gasteiger partial charge in [0.15, 0.2) is 5.17 Å². The van der Waals surface area contributed by atoms with Gasteiger partial charge in [-0.15, -0.1) is 0 Å². The first-order chi connectivity index (χ1) is 15.8. The molecule has 0 aromatic heterocycles. The number of likely N-dealkylation sites (N-methyl/N-ethyl adjacent to an activating group) is 1. The number of benzene rings is 1. The molecule has 0 radical (unpaired) electrons. The highest BCUT2D eigenvalue weighted by Crippen LogP contribution is 2.45. The highest BCUT2D eigenvalue weighted by molar-refractivity contribution is 8.16. The van der Waals surface area contributed by atoms with Crippen LogP contribution in [-0.4, -0.2) is 71.1 Å². The van der Waals surface area contributed by atoms with Crippen molar-refractivity contribution in [2.45, 2.75) is 39.3 Å². The van der Waals surface area contributed by atoms with Crippen LogP contribution < -0.4 is 0 Å². The van der Waals surface area contributed by atoms with E-state index in [1.165, 1.54) is 17.8 Å². The van der Waals surface area contributed by atoms with Gasteiger partial charge in [0.05, 0.1) is 29.8 Å². The molecule has 7 nitrogen and oxygen atoms in total. The van der Waals surface area contributed by atoms with Crippen molar-refractivity contribution in [3.05, 3.63) is 58.0 Å². The van der Waals surface area contributed by atoms with Crippen molar-refractivity contribution in [2.75, 3.05) is 33.2 Å². The van der Waals surface area contributed by atoms with E-state index in [2.05, 4.69) is 9.89 Å². The van der Waals surface area contributed by atoms with Crippen molar-refractivity contribution in [3.63, 3.8) is 0 Å².